The van der Waals surface area contributed by atoms with Crippen molar-refractivity contribution >= 4 is 18.0 Å². The molecule has 3 rings (SSSR count). The normalized spacial score (nSPS) is 19.9. The number of carbonyl (C=O) groups is 3. The summed E-state index contributed by atoms with van der Waals surface area (Å²) in [5, 5.41) is 0. The fourth-order valence-electron chi connectivity index (χ4n) is 4.12. The number of benzene rings is 1. The zero-order valence-corrected chi connectivity index (χ0v) is 18.8. The molecule has 0 N–H and O–H groups in total. The summed E-state index contributed by atoms with van der Waals surface area (Å²) in [5.41, 5.74) is -4.77. The van der Waals surface area contributed by atoms with Crippen LogP contribution in [0.2, 0.25) is 0 Å². The standard InChI is InChI=1S/C22H23F7N2O5/c23-20(21(24,25)26,22(27,28)29)9-6-17(32)30-10-7-15(8-11-30)31-16(13-36-19(31)34)18(33)35-12-14-4-2-1-3-5-14/h1-5,15-16H,6-13H2. The molecule has 0 bridgehead atoms. The first kappa shape index (κ1) is 27.5. The van der Waals surface area contributed by atoms with Crippen LogP contribution in [-0.4, -0.2) is 77.6 Å². The molecule has 2 fully saturated rings. The van der Waals surface area contributed by atoms with E-state index in [1.54, 1.807) is 30.3 Å². The Morgan fingerprint density at radius 2 is 1.56 bits per heavy atom. The smallest absolute Gasteiger partial charge is 0.431 e. The number of piperidine rings is 1. The van der Waals surface area contributed by atoms with E-state index in [1.165, 1.54) is 4.90 Å². The maximum Gasteiger partial charge on any atom is 0.431 e. The second-order valence-electron chi connectivity index (χ2n) is 8.50. The molecule has 0 radical (unpaired) electrons. The van der Waals surface area contributed by atoms with Gasteiger partial charge in [0.25, 0.3) is 5.67 Å². The topological polar surface area (TPSA) is 76.2 Å². The minimum absolute atomic E-state index is 0.0307. The van der Waals surface area contributed by atoms with E-state index in [0.717, 1.165) is 10.5 Å². The molecule has 2 aliphatic rings. The van der Waals surface area contributed by atoms with E-state index in [9.17, 15) is 45.1 Å². The Hall–Kier alpha value is -3.06. The SMILES string of the molecule is O=C(OCc1ccccc1)C1COC(=O)N1C1CCN(C(=O)CCC(F)(C(F)(F)F)C(F)(F)F)CC1. The van der Waals surface area contributed by atoms with Crippen molar-refractivity contribution in [3.63, 3.8) is 0 Å². The van der Waals surface area contributed by atoms with Crippen molar-refractivity contribution in [3.05, 3.63) is 35.9 Å². The number of nitrogens with zero attached hydrogens (tertiary/aromatic N) is 2. The Morgan fingerprint density at radius 1 is 0.972 bits per heavy atom. The molecule has 2 saturated heterocycles. The average molecular weight is 528 g/mol. The van der Waals surface area contributed by atoms with E-state index >= 15 is 0 Å². The van der Waals surface area contributed by atoms with Crippen LogP contribution in [0.1, 0.15) is 31.2 Å². The Labute approximate surface area is 201 Å². The highest BCUT2D eigenvalue weighted by atomic mass is 19.4. The molecule has 1 atom stereocenters. The van der Waals surface area contributed by atoms with Gasteiger partial charge in [0.1, 0.15) is 13.2 Å². The molecular weight excluding hydrogens is 505 g/mol. The quantitative estimate of drug-likeness (QED) is 0.393. The first-order valence-electron chi connectivity index (χ1n) is 11.0. The maximum absolute atomic E-state index is 13.8. The molecule has 1 aromatic rings. The molecule has 0 spiro atoms. The molecule has 0 aliphatic carbocycles. The number of cyclic esters (lactones) is 1. The summed E-state index contributed by atoms with van der Waals surface area (Å²) in [5.74, 6) is -1.78. The van der Waals surface area contributed by atoms with E-state index in [2.05, 4.69) is 0 Å². The van der Waals surface area contributed by atoms with Crippen molar-refractivity contribution in [1.29, 1.82) is 0 Å². The highest BCUT2D eigenvalue weighted by molar-refractivity contribution is 5.84. The van der Waals surface area contributed by atoms with Gasteiger partial charge < -0.3 is 14.4 Å². The third-order valence-electron chi connectivity index (χ3n) is 6.20. The molecule has 0 saturated carbocycles. The van der Waals surface area contributed by atoms with Crippen molar-refractivity contribution in [2.24, 2.45) is 0 Å². The Bertz CT molecular complexity index is 932. The molecule has 0 aromatic heterocycles. The van der Waals surface area contributed by atoms with E-state index in [1.807, 2.05) is 0 Å². The molecule has 2 amide bonds. The van der Waals surface area contributed by atoms with Crippen LogP contribution in [-0.2, 0) is 25.7 Å². The van der Waals surface area contributed by atoms with Gasteiger partial charge in [0.15, 0.2) is 6.04 Å². The van der Waals surface area contributed by atoms with Crippen LogP contribution in [0.5, 0.6) is 0 Å². The fourth-order valence-corrected chi connectivity index (χ4v) is 4.12. The lowest BCUT2D eigenvalue weighted by molar-refractivity contribution is -0.343. The molecule has 1 unspecified atom stereocenters. The van der Waals surface area contributed by atoms with Crippen molar-refractivity contribution in [1.82, 2.24) is 9.80 Å². The van der Waals surface area contributed by atoms with E-state index < -0.39 is 60.9 Å². The molecular formula is C22H23F7N2O5. The summed E-state index contributed by atoms with van der Waals surface area (Å²) in [7, 11) is 0. The predicted octanol–water partition coefficient (Wildman–Crippen LogP) is 4.15. The minimum Gasteiger partial charge on any atom is -0.459 e. The molecule has 1 aromatic carbocycles. The lowest BCUT2D eigenvalue weighted by atomic mass is 9.96. The summed E-state index contributed by atoms with van der Waals surface area (Å²) in [4.78, 5) is 39.2. The second kappa shape index (κ2) is 10.5. The number of ether oxygens (including phenoxy) is 2. The number of halogens is 7. The van der Waals surface area contributed by atoms with Crippen LogP contribution in [0, 0.1) is 0 Å². The minimum atomic E-state index is -6.22. The Balaban J connectivity index is 1.55. The highest BCUT2D eigenvalue weighted by Gasteiger charge is 2.72. The van der Waals surface area contributed by atoms with Crippen molar-refractivity contribution in [2.75, 3.05) is 19.7 Å². The molecule has 36 heavy (non-hydrogen) atoms. The number of esters is 1. The van der Waals surface area contributed by atoms with Crippen LogP contribution < -0.4 is 0 Å². The van der Waals surface area contributed by atoms with Crippen LogP contribution >= 0.6 is 0 Å². The van der Waals surface area contributed by atoms with Gasteiger partial charge in [-0.3, -0.25) is 9.69 Å². The Morgan fingerprint density at radius 3 is 2.11 bits per heavy atom. The van der Waals surface area contributed by atoms with Crippen LogP contribution in [0.25, 0.3) is 0 Å². The van der Waals surface area contributed by atoms with Gasteiger partial charge in [-0.15, -0.1) is 0 Å². The molecule has 2 heterocycles. The van der Waals surface area contributed by atoms with Gasteiger partial charge in [-0.1, -0.05) is 30.3 Å². The third kappa shape index (κ3) is 5.84. The summed E-state index contributed by atoms with van der Waals surface area (Å²) in [6.07, 6.45) is -16.4. The van der Waals surface area contributed by atoms with Gasteiger partial charge >= 0.3 is 24.4 Å². The van der Waals surface area contributed by atoms with Crippen molar-refractivity contribution in [3.8, 4) is 0 Å². The predicted molar refractivity (Wildman–Crippen MR) is 108 cm³/mol. The van der Waals surface area contributed by atoms with Crippen molar-refractivity contribution < 1.29 is 54.6 Å². The summed E-state index contributed by atoms with van der Waals surface area (Å²) in [6, 6.07) is 7.16. The second-order valence-corrected chi connectivity index (χ2v) is 8.50. The fraction of sp³-hybridized carbons (Fsp3) is 0.591. The molecule has 14 heteroatoms. The number of rotatable bonds is 7. The van der Waals surface area contributed by atoms with Gasteiger partial charge in [-0.05, 0) is 18.4 Å². The third-order valence-corrected chi connectivity index (χ3v) is 6.20. The zero-order valence-electron chi connectivity index (χ0n) is 18.8. The summed E-state index contributed by atoms with van der Waals surface area (Å²) < 4.78 is 100. The number of hydrogen-bond acceptors (Lipinski definition) is 5. The van der Waals surface area contributed by atoms with E-state index in [4.69, 9.17) is 9.47 Å². The van der Waals surface area contributed by atoms with Crippen LogP contribution in [0.4, 0.5) is 35.5 Å². The number of likely N-dealkylation sites (tertiary alicyclic amines) is 1. The van der Waals surface area contributed by atoms with E-state index in [0.29, 0.717) is 0 Å². The lowest BCUT2D eigenvalue weighted by Crippen LogP contribution is -2.54. The van der Waals surface area contributed by atoms with Gasteiger partial charge in [0.2, 0.25) is 5.91 Å². The summed E-state index contributed by atoms with van der Waals surface area (Å²) in [6.45, 7) is -0.511. The maximum atomic E-state index is 13.8. The van der Waals surface area contributed by atoms with Crippen LogP contribution in [0.3, 0.4) is 0 Å². The number of alkyl halides is 7. The molecule has 7 nitrogen and oxygen atoms in total. The van der Waals surface area contributed by atoms with Gasteiger partial charge in [0.05, 0.1) is 0 Å². The highest BCUT2D eigenvalue weighted by Crippen LogP contribution is 2.49. The first-order valence-corrected chi connectivity index (χ1v) is 11.0. The lowest BCUT2D eigenvalue weighted by Gasteiger charge is -2.37. The largest absolute Gasteiger partial charge is 0.459 e. The zero-order chi connectivity index (χ0) is 26.7. The molecule has 2 aliphatic heterocycles. The Kier molecular flexibility index (Phi) is 8.04. The van der Waals surface area contributed by atoms with Crippen LogP contribution in [0.15, 0.2) is 30.3 Å². The average Bonchev–Trinajstić information content (AvgIpc) is 3.21. The first-order chi connectivity index (χ1) is 16.7. The van der Waals surface area contributed by atoms with Crippen molar-refractivity contribution in [2.45, 2.75) is 62.4 Å². The molecule has 200 valence electrons. The van der Waals surface area contributed by atoms with Gasteiger partial charge in [-0.2, -0.15) is 26.3 Å². The van der Waals surface area contributed by atoms with Gasteiger partial charge in [-0.25, -0.2) is 14.0 Å². The number of amides is 2. The monoisotopic (exact) mass is 528 g/mol. The number of hydrogen-bond donors (Lipinski definition) is 0. The van der Waals surface area contributed by atoms with Gasteiger partial charge in [0, 0.05) is 32.0 Å². The summed E-state index contributed by atoms with van der Waals surface area (Å²) >= 11 is 0. The van der Waals surface area contributed by atoms with E-state index in [-0.39, 0.29) is 39.1 Å². The number of carbonyl (C=O) groups excluding carboxylic acids is 3.